The fourth-order valence-electron chi connectivity index (χ4n) is 4.31. The number of rotatable bonds is 7. The van der Waals surface area contributed by atoms with Crippen LogP contribution < -0.4 is 10.6 Å². The van der Waals surface area contributed by atoms with Gasteiger partial charge in [-0.05, 0) is 63.4 Å². The molecular weight excluding hydrogens is 402 g/mol. The van der Waals surface area contributed by atoms with Crippen molar-refractivity contribution >= 4 is 17.5 Å². The van der Waals surface area contributed by atoms with E-state index < -0.39 is 0 Å². The Balaban J connectivity index is 1.27. The molecule has 0 unspecified atom stereocenters. The number of nitrogens with one attached hydrogen (secondary N) is 2. The molecule has 1 saturated heterocycles. The van der Waals surface area contributed by atoms with Crippen LogP contribution in [0.5, 0.6) is 0 Å². The highest BCUT2D eigenvalue weighted by Gasteiger charge is 2.24. The van der Waals surface area contributed by atoms with Crippen molar-refractivity contribution in [1.82, 2.24) is 14.7 Å². The van der Waals surface area contributed by atoms with Crippen molar-refractivity contribution in [3.63, 3.8) is 0 Å². The Morgan fingerprint density at radius 2 is 1.91 bits per heavy atom. The summed E-state index contributed by atoms with van der Waals surface area (Å²) in [7, 11) is 0. The minimum atomic E-state index is -0.249. The smallest absolute Gasteiger partial charge is 0.324 e. The summed E-state index contributed by atoms with van der Waals surface area (Å²) in [6, 6.07) is 13.8. The van der Waals surface area contributed by atoms with Crippen LogP contribution in [0, 0.1) is 13.8 Å². The van der Waals surface area contributed by atoms with Gasteiger partial charge in [-0.3, -0.25) is 5.32 Å². The lowest BCUT2D eigenvalue weighted by Crippen LogP contribution is -2.36. The molecule has 3 heterocycles. The molecule has 0 bridgehead atoms. The number of carbonyl (C=O) groups is 1. The summed E-state index contributed by atoms with van der Waals surface area (Å²) in [5, 5.41) is 10.4. The van der Waals surface area contributed by atoms with E-state index in [2.05, 4.69) is 33.6 Å². The molecule has 1 atom stereocenters. The second kappa shape index (κ2) is 10.0. The maximum Gasteiger partial charge on any atom is 0.324 e. The molecule has 170 valence electrons. The number of carbonyl (C=O) groups excluding carboxylic acids is 1. The fraction of sp³-hybridized carbons (Fsp3) is 0.440. The summed E-state index contributed by atoms with van der Waals surface area (Å²) in [5.74, 6) is 3.21. The van der Waals surface area contributed by atoms with Crippen LogP contribution >= 0.6 is 0 Å². The average molecular weight is 436 g/mol. The third-order valence-corrected chi connectivity index (χ3v) is 6.33. The molecule has 0 saturated carbocycles. The number of urea groups is 1. The first-order valence-corrected chi connectivity index (χ1v) is 11.5. The van der Waals surface area contributed by atoms with Gasteiger partial charge < -0.3 is 14.6 Å². The SMILES string of the molecule is Cc1ccc([C@H](C)CCN2CCC(n3nccc3NC(=O)Nc3ccccc3C)CC2)o1. The predicted molar refractivity (Wildman–Crippen MR) is 127 cm³/mol. The van der Waals surface area contributed by atoms with E-state index in [0.29, 0.717) is 12.0 Å². The summed E-state index contributed by atoms with van der Waals surface area (Å²) in [4.78, 5) is 15.0. The van der Waals surface area contributed by atoms with Gasteiger partial charge in [0.1, 0.15) is 17.3 Å². The van der Waals surface area contributed by atoms with E-state index in [9.17, 15) is 4.79 Å². The Morgan fingerprint density at radius 3 is 2.62 bits per heavy atom. The summed E-state index contributed by atoms with van der Waals surface area (Å²) < 4.78 is 7.73. The molecule has 0 aliphatic carbocycles. The van der Waals surface area contributed by atoms with Gasteiger partial charge in [0, 0.05) is 30.8 Å². The van der Waals surface area contributed by atoms with Crippen LogP contribution in [0.4, 0.5) is 16.3 Å². The highest BCUT2D eigenvalue weighted by Crippen LogP contribution is 2.27. The normalized spacial score (nSPS) is 16.1. The number of anilines is 2. The molecule has 0 spiro atoms. The van der Waals surface area contributed by atoms with Gasteiger partial charge in [0.25, 0.3) is 0 Å². The highest BCUT2D eigenvalue weighted by atomic mass is 16.3. The average Bonchev–Trinajstić information content (AvgIpc) is 3.43. The standard InChI is InChI=1S/C25H33N5O2/c1-18-6-4-5-7-22(18)27-25(31)28-24-10-14-26-30(24)21-12-16-29(17-13-21)15-11-19(2)23-9-8-20(3)32-23/h4-10,14,19,21H,11-13,15-17H2,1-3H3,(H2,27,28,31)/t19-/m1/s1. The van der Waals surface area contributed by atoms with Crippen LogP contribution in [0.2, 0.25) is 0 Å². The molecule has 1 aliphatic heterocycles. The number of benzene rings is 1. The second-order valence-electron chi connectivity index (χ2n) is 8.77. The minimum Gasteiger partial charge on any atom is -0.466 e. The van der Waals surface area contributed by atoms with Crippen LogP contribution in [0.3, 0.4) is 0 Å². The Hall–Kier alpha value is -3.06. The van der Waals surface area contributed by atoms with Crippen LogP contribution in [0.1, 0.15) is 55.2 Å². The van der Waals surface area contributed by atoms with Crippen LogP contribution in [0.25, 0.3) is 0 Å². The first-order valence-electron chi connectivity index (χ1n) is 11.5. The van der Waals surface area contributed by atoms with Crippen LogP contribution in [-0.4, -0.2) is 40.3 Å². The third-order valence-electron chi connectivity index (χ3n) is 6.33. The number of aromatic nitrogens is 2. The van der Waals surface area contributed by atoms with E-state index in [-0.39, 0.29) is 6.03 Å². The van der Waals surface area contributed by atoms with Crippen molar-refractivity contribution < 1.29 is 9.21 Å². The van der Waals surface area contributed by atoms with Crippen LogP contribution in [-0.2, 0) is 0 Å². The van der Waals surface area contributed by atoms with Gasteiger partial charge in [-0.2, -0.15) is 5.10 Å². The topological polar surface area (TPSA) is 75.3 Å². The molecule has 7 nitrogen and oxygen atoms in total. The van der Waals surface area contributed by atoms with Gasteiger partial charge in [0.15, 0.2) is 0 Å². The van der Waals surface area contributed by atoms with E-state index in [1.807, 2.05) is 54.9 Å². The summed E-state index contributed by atoms with van der Waals surface area (Å²) >= 11 is 0. The molecule has 1 fully saturated rings. The first kappa shape index (κ1) is 22.1. The first-order chi connectivity index (χ1) is 15.5. The van der Waals surface area contributed by atoms with E-state index in [4.69, 9.17) is 4.42 Å². The van der Waals surface area contributed by atoms with Gasteiger partial charge >= 0.3 is 6.03 Å². The number of amides is 2. The van der Waals surface area contributed by atoms with Gasteiger partial charge in [-0.25, -0.2) is 9.48 Å². The van der Waals surface area contributed by atoms with Crippen molar-refractivity contribution in [2.24, 2.45) is 0 Å². The largest absolute Gasteiger partial charge is 0.466 e. The predicted octanol–water partition coefficient (Wildman–Crippen LogP) is 5.57. The van der Waals surface area contributed by atoms with Crippen molar-refractivity contribution in [2.45, 2.75) is 52.0 Å². The molecule has 3 aromatic rings. The zero-order valence-corrected chi connectivity index (χ0v) is 19.2. The summed E-state index contributed by atoms with van der Waals surface area (Å²) in [6.07, 6.45) is 4.88. The molecule has 2 aromatic heterocycles. The molecule has 1 aromatic carbocycles. The zero-order valence-electron chi connectivity index (χ0n) is 19.2. The maximum atomic E-state index is 12.5. The van der Waals surface area contributed by atoms with Crippen molar-refractivity contribution in [3.05, 3.63) is 65.7 Å². The molecule has 2 N–H and O–H groups in total. The molecule has 4 rings (SSSR count). The Bertz CT molecular complexity index is 1030. The number of para-hydroxylation sites is 1. The number of furan rings is 1. The highest BCUT2D eigenvalue weighted by molar-refractivity contribution is 5.99. The van der Waals surface area contributed by atoms with Gasteiger partial charge in [0.05, 0.1) is 12.2 Å². The Labute approximate surface area is 189 Å². The number of aryl methyl sites for hydroxylation is 2. The zero-order chi connectivity index (χ0) is 22.5. The maximum absolute atomic E-state index is 12.5. The summed E-state index contributed by atoms with van der Waals surface area (Å²) in [6.45, 7) is 9.33. The molecule has 7 heteroatoms. The lowest BCUT2D eigenvalue weighted by atomic mass is 10.0. The van der Waals surface area contributed by atoms with E-state index >= 15 is 0 Å². The van der Waals surface area contributed by atoms with Crippen molar-refractivity contribution in [2.75, 3.05) is 30.3 Å². The number of nitrogens with zero attached hydrogens (tertiary/aromatic N) is 3. The van der Waals surface area contributed by atoms with E-state index in [1.54, 1.807) is 6.20 Å². The van der Waals surface area contributed by atoms with Gasteiger partial charge in [0.2, 0.25) is 0 Å². The molecule has 32 heavy (non-hydrogen) atoms. The van der Waals surface area contributed by atoms with Gasteiger partial charge in [-0.15, -0.1) is 0 Å². The molecule has 1 aliphatic rings. The lowest BCUT2D eigenvalue weighted by Gasteiger charge is -2.33. The number of hydrogen-bond acceptors (Lipinski definition) is 4. The Kier molecular flexibility index (Phi) is 6.95. The van der Waals surface area contributed by atoms with Crippen molar-refractivity contribution in [1.29, 1.82) is 0 Å². The monoisotopic (exact) mass is 435 g/mol. The molecular formula is C25H33N5O2. The van der Waals surface area contributed by atoms with Crippen LogP contribution in [0.15, 0.2) is 53.1 Å². The lowest BCUT2D eigenvalue weighted by molar-refractivity contribution is 0.175. The van der Waals surface area contributed by atoms with E-state index in [1.165, 1.54) is 0 Å². The quantitative estimate of drug-likeness (QED) is 0.509. The third kappa shape index (κ3) is 5.40. The number of hydrogen-bond donors (Lipinski definition) is 2. The van der Waals surface area contributed by atoms with E-state index in [0.717, 1.165) is 67.5 Å². The van der Waals surface area contributed by atoms with Gasteiger partial charge in [-0.1, -0.05) is 25.1 Å². The molecule has 0 radical (unpaired) electrons. The second-order valence-corrected chi connectivity index (χ2v) is 8.77. The summed E-state index contributed by atoms with van der Waals surface area (Å²) in [5.41, 5.74) is 1.84. The number of likely N-dealkylation sites (tertiary alicyclic amines) is 1. The molecule has 2 amide bonds. The minimum absolute atomic E-state index is 0.249. The van der Waals surface area contributed by atoms with Crippen molar-refractivity contribution in [3.8, 4) is 0 Å². The Morgan fingerprint density at radius 1 is 1.12 bits per heavy atom. The fourth-order valence-corrected chi connectivity index (χ4v) is 4.31. The number of piperidine rings is 1.